The average Bonchev–Trinajstić information content (AvgIpc) is 2.64. The number of aryl methyl sites for hydroxylation is 1. The molecule has 0 fully saturated rings. The molecule has 0 unspecified atom stereocenters. The summed E-state index contributed by atoms with van der Waals surface area (Å²) in [4.78, 5) is 22.1. The van der Waals surface area contributed by atoms with Crippen molar-refractivity contribution in [3.05, 3.63) is 58.1 Å². The number of nitrogens with zero attached hydrogens (tertiary/aromatic N) is 5. The number of aromatic nitrogens is 3. The lowest BCUT2D eigenvalue weighted by Gasteiger charge is -2.31. The van der Waals surface area contributed by atoms with E-state index in [2.05, 4.69) is 16.0 Å². The van der Waals surface area contributed by atoms with E-state index in [4.69, 9.17) is 5.26 Å². The van der Waals surface area contributed by atoms with E-state index >= 15 is 0 Å². The van der Waals surface area contributed by atoms with Crippen LogP contribution >= 0.6 is 0 Å². The van der Waals surface area contributed by atoms with Crippen molar-refractivity contribution in [1.82, 2.24) is 14.7 Å². The Bertz CT molecular complexity index is 1050. The summed E-state index contributed by atoms with van der Waals surface area (Å²) >= 11 is 0. The molecule has 0 saturated heterocycles. The van der Waals surface area contributed by atoms with Crippen molar-refractivity contribution in [3.8, 4) is 6.07 Å². The first-order valence-corrected chi connectivity index (χ1v) is 7.56. The molecule has 0 bridgehead atoms. The third-order valence-electron chi connectivity index (χ3n) is 4.19. The van der Waals surface area contributed by atoms with Gasteiger partial charge in [0, 0.05) is 18.4 Å². The summed E-state index contributed by atoms with van der Waals surface area (Å²) in [6.07, 6.45) is 3.27. The van der Waals surface area contributed by atoms with Crippen LogP contribution in [0.5, 0.6) is 0 Å². The van der Waals surface area contributed by atoms with Gasteiger partial charge >= 0.3 is 5.69 Å². The molecule has 3 heterocycles. The molecule has 1 aliphatic heterocycles. The van der Waals surface area contributed by atoms with Crippen molar-refractivity contribution in [2.75, 3.05) is 11.4 Å². The van der Waals surface area contributed by atoms with Crippen molar-refractivity contribution in [2.45, 2.75) is 12.8 Å². The smallest absolute Gasteiger partial charge is 0.384 e. The first-order valence-electron chi connectivity index (χ1n) is 7.56. The molecule has 0 spiro atoms. The van der Waals surface area contributed by atoms with Crippen LogP contribution in [0.1, 0.15) is 17.5 Å². The van der Waals surface area contributed by atoms with E-state index in [0.717, 1.165) is 24.1 Å². The minimum absolute atomic E-state index is 0.174. The Morgan fingerprint density at radius 3 is 3.00 bits per heavy atom. The molecule has 0 aliphatic carbocycles. The summed E-state index contributed by atoms with van der Waals surface area (Å²) in [5, 5.41) is 19.5. The standard InChI is InChI=1S/C17H13N5O2/c18-10-11-5-6-14-12(9-11)3-2-8-21(14)16-13-4-1-7-19-15(13)22(24)17(23)20-16/h1,4-7,9,24H,2-3,8H2. The minimum atomic E-state index is -0.767. The maximum atomic E-state index is 12.0. The van der Waals surface area contributed by atoms with Gasteiger partial charge < -0.3 is 10.1 Å². The Hall–Kier alpha value is -3.40. The average molecular weight is 319 g/mol. The third kappa shape index (κ3) is 2.08. The number of hydrogen-bond donors (Lipinski definition) is 1. The summed E-state index contributed by atoms with van der Waals surface area (Å²) < 4.78 is 0.461. The monoisotopic (exact) mass is 319 g/mol. The lowest BCUT2D eigenvalue weighted by Crippen LogP contribution is -2.30. The van der Waals surface area contributed by atoms with Gasteiger partial charge in [0.15, 0.2) is 5.65 Å². The zero-order valence-electron chi connectivity index (χ0n) is 12.7. The van der Waals surface area contributed by atoms with Crippen molar-refractivity contribution in [2.24, 2.45) is 0 Å². The number of hydrogen-bond acceptors (Lipinski definition) is 6. The fourth-order valence-electron chi connectivity index (χ4n) is 3.12. The van der Waals surface area contributed by atoms with Crippen LogP contribution in [0.2, 0.25) is 0 Å². The van der Waals surface area contributed by atoms with Crippen LogP contribution in [0.15, 0.2) is 41.3 Å². The maximum Gasteiger partial charge on any atom is 0.384 e. The molecule has 4 rings (SSSR count). The number of fused-ring (bicyclic) bond motifs is 2. The van der Waals surface area contributed by atoms with Crippen LogP contribution < -0.4 is 10.6 Å². The molecule has 0 radical (unpaired) electrons. The number of nitriles is 1. The molecule has 7 nitrogen and oxygen atoms in total. The number of rotatable bonds is 1. The second-order valence-corrected chi connectivity index (χ2v) is 5.61. The lowest BCUT2D eigenvalue weighted by atomic mass is 9.99. The fraction of sp³-hybridized carbons (Fsp3) is 0.176. The highest BCUT2D eigenvalue weighted by molar-refractivity contribution is 5.89. The first kappa shape index (κ1) is 14.2. The van der Waals surface area contributed by atoms with Gasteiger partial charge in [0.05, 0.1) is 17.0 Å². The molecular formula is C17H13N5O2. The van der Waals surface area contributed by atoms with Gasteiger partial charge in [-0.15, -0.1) is 4.73 Å². The molecule has 24 heavy (non-hydrogen) atoms. The van der Waals surface area contributed by atoms with Gasteiger partial charge in [-0.05, 0) is 48.7 Å². The first-order chi connectivity index (χ1) is 11.7. The van der Waals surface area contributed by atoms with E-state index in [1.807, 2.05) is 17.0 Å². The maximum absolute atomic E-state index is 12.0. The molecular weight excluding hydrogens is 306 g/mol. The fourth-order valence-corrected chi connectivity index (χ4v) is 3.12. The minimum Gasteiger partial charge on any atom is -0.422 e. The predicted octanol–water partition coefficient (Wildman–Crippen LogP) is 1.98. The predicted molar refractivity (Wildman–Crippen MR) is 87.5 cm³/mol. The number of anilines is 2. The lowest BCUT2D eigenvalue weighted by molar-refractivity contribution is 0.182. The number of pyridine rings is 1. The highest BCUT2D eigenvalue weighted by Gasteiger charge is 2.23. The molecule has 0 amide bonds. The summed E-state index contributed by atoms with van der Waals surface area (Å²) in [5.74, 6) is 0.471. The topological polar surface area (TPSA) is 95.0 Å². The largest absolute Gasteiger partial charge is 0.422 e. The highest BCUT2D eigenvalue weighted by atomic mass is 16.5. The molecule has 0 saturated carbocycles. The van der Waals surface area contributed by atoms with Gasteiger partial charge in [0.1, 0.15) is 5.82 Å². The molecule has 7 heteroatoms. The second-order valence-electron chi connectivity index (χ2n) is 5.61. The van der Waals surface area contributed by atoms with E-state index in [9.17, 15) is 10.0 Å². The van der Waals surface area contributed by atoms with Crippen LogP contribution in [0.4, 0.5) is 11.5 Å². The molecule has 1 N–H and O–H groups in total. The Morgan fingerprint density at radius 2 is 2.17 bits per heavy atom. The SMILES string of the molecule is N#Cc1ccc2c(c1)CCCN2c1nc(=O)n(O)c2ncccc12. The molecule has 1 aromatic carbocycles. The van der Waals surface area contributed by atoms with E-state index in [1.165, 1.54) is 6.20 Å². The quantitative estimate of drug-likeness (QED) is 0.689. The van der Waals surface area contributed by atoms with Gasteiger partial charge in [-0.3, -0.25) is 0 Å². The van der Waals surface area contributed by atoms with E-state index < -0.39 is 5.69 Å². The van der Waals surface area contributed by atoms with Crippen LogP contribution in [0, 0.1) is 11.3 Å². The Labute approximate surface area is 137 Å². The van der Waals surface area contributed by atoms with Crippen molar-refractivity contribution in [3.63, 3.8) is 0 Å². The van der Waals surface area contributed by atoms with Crippen molar-refractivity contribution >= 4 is 22.5 Å². The zero-order valence-corrected chi connectivity index (χ0v) is 12.7. The summed E-state index contributed by atoms with van der Waals surface area (Å²) in [6, 6.07) is 11.2. The van der Waals surface area contributed by atoms with Gasteiger partial charge in [0.2, 0.25) is 0 Å². The van der Waals surface area contributed by atoms with Gasteiger partial charge in [-0.2, -0.15) is 10.2 Å². The molecule has 1 aliphatic rings. The highest BCUT2D eigenvalue weighted by Crippen LogP contribution is 2.35. The summed E-state index contributed by atoms with van der Waals surface area (Å²) in [6.45, 7) is 0.699. The molecule has 2 aromatic heterocycles. The van der Waals surface area contributed by atoms with Gasteiger partial charge in [-0.25, -0.2) is 9.78 Å². The van der Waals surface area contributed by atoms with Gasteiger partial charge in [-0.1, -0.05) is 0 Å². The second kappa shape index (κ2) is 5.35. The molecule has 3 aromatic rings. The van der Waals surface area contributed by atoms with E-state index in [1.54, 1.807) is 18.2 Å². The Kier molecular flexibility index (Phi) is 3.17. The number of benzene rings is 1. The van der Waals surface area contributed by atoms with Crippen LogP contribution in [0.25, 0.3) is 11.0 Å². The van der Waals surface area contributed by atoms with Crippen LogP contribution in [-0.2, 0) is 6.42 Å². The zero-order chi connectivity index (χ0) is 16.7. The van der Waals surface area contributed by atoms with E-state index in [0.29, 0.717) is 28.0 Å². The van der Waals surface area contributed by atoms with Crippen molar-refractivity contribution < 1.29 is 5.21 Å². The summed E-state index contributed by atoms with van der Waals surface area (Å²) in [5.41, 5.74) is 1.99. The summed E-state index contributed by atoms with van der Waals surface area (Å²) in [7, 11) is 0. The Balaban J connectivity index is 1.96. The van der Waals surface area contributed by atoms with Crippen LogP contribution in [0.3, 0.4) is 0 Å². The molecule has 118 valence electrons. The third-order valence-corrected chi connectivity index (χ3v) is 4.19. The molecule has 0 atom stereocenters. The van der Waals surface area contributed by atoms with E-state index in [-0.39, 0.29) is 5.65 Å². The Morgan fingerprint density at radius 1 is 1.29 bits per heavy atom. The van der Waals surface area contributed by atoms with Gasteiger partial charge in [0.25, 0.3) is 0 Å². The van der Waals surface area contributed by atoms with Crippen molar-refractivity contribution in [1.29, 1.82) is 5.26 Å². The van der Waals surface area contributed by atoms with Crippen LogP contribution in [-0.4, -0.2) is 26.5 Å². The normalized spacial score (nSPS) is 13.5.